The van der Waals surface area contributed by atoms with E-state index >= 15 is 0 Å². The van der Waals surface area contributed by atoms with E-state index in [0.717, 1.165) is 42.0 Å². The van der Waals surface area contributed by atoms with E-state index in [1.807, 2.05) is 23.6 Å². The van der Waals surface area contributed by atoms with Crippen molar-refractivity contribution >= 4 is 23.4 Å². The minimum Gasteiger partial charge on any atom is -0.378 e. The third-order valence-electron chi connectivity index (χ3n) is 6.08. The molecular formula is C26H33N5O2S. The molecule has 1 amide bonds. The quantitative estimate of drug-likeness (QED) is 0.428. The van der Waals surface area contributed by atoms with E-state index in [1.165, 1.54) is 17.3 Å². The zero-order valence-electron chi connectivity index (χ0n) is 20.4. The van der Waals surface area contributed by atoms with Crippen molar-refractivity contribution in [1.82, 2.24) is 19.7 Å². The second kappa shape index (κ2) is 11.1. The number of hydrogen-bond donors (Lipinski definition) is 0. The lowest BCUT2D eigenvalue weighted by Gasteiger charge is -2.26. The van der Waals surface area contributed by atoms with Crippen LogP contribution in [0.4, 0.5) is 5.69 Å². The van der Waals surface area contributed by atoms with Crippen LogP contribution in [-0.2, 0) is 16.1 Å². The zero-order chi connectivity index (χ0) is 24.1. The van der Waals surface area contributed by atoms with Crippen LogP contribution in [0.5, 0.6) is 0 Å². The molecule has 1 atom stereocenters. The Balaban J connectivity index is 1.46. The fraction of sp³-hybridized carbons (Fsp3) is 0.423. The fourth-order valence-corrected chi connectivity index (χ4v) is 5.01. The van der Waals surface area contributed by atoms with Gasteiger partial charge >= 0.3 is 0 Å². The monoisotopic (exact) mass is 479 g/mol. The van der Waals surface area contributed by atoms with Gasteiger partial charge in [0.15, 0.2) is 5.16 Å². The first-order valence-electron chi connectivity index (χ1n) is 11.7. The maximum atomic E-state index is 13.3. The Morgan fingerprint density at radius 3 is 2.65 bits per heavy atom. The maximum absolute atomic E-state index is 13.3. The molecule has 34 heavy (non-hydrogen) atoms. The average molecular weight is 480 g/mol. The van der Waals surface area contributed by atoms with E-state index in [2.05, 4.69) is 71.4 Å². The first kappa shape index (κ1) is 24.3. The summed E-state index contributed by atoms with van der Waals surface area (Å²) >= 11 is 1.42. The highest BCUT2D eigenvalue weighted by molar-refractivity contribution is 7.99. The summed E-state index contributed by atoms with van der Waals surface area (Å²) < 4.78 is 7.79. The van der Waals surface area contributed by atoms with E-state index in [4.69, 9.17) is 4.74 Å². The van der Waals surface area contributed by atoms with Crippen LogP contribution in [0.3, 0.4) is 0 Å². The summed E-state index contributed by atoms with van der Waals surface area (Å²) in [5, 5.41) is 9.09. The van der Waals surface area contributed by atoms with Gasteiger partial charge in [-0.15, -0.1) is 10.2 Å². The van der Waals surface area contributed by atoms with E-state index in [9.17, 15) is 4.79 Å². The van der Waals surface area contributed by atoms with Gasteiger partial charge in [0.1, 0.15) is 6.33 Å². The Morgan fingerprint density at radius 1 is 1.18 bits per heavy atom. The molecule has 1 aliphatic heterocycles. The molecule has 0 saturated carbocycles. The third-order valence-corrected chi connectivity index (χ3v) is 7.01. The van der Waals surface area contributed by atoms with Gasteiger partial charge in [0.2, 0.25) is 5.91 Å². The average Bonchev–Trinajstić information content (AvgIpc) is 3.49. The molecule has 0 radical (unpaired) electrons. The number of anilines is 1. The van der Waals surface area contributed by atoms with Crippen molar-refractivity contribution in [2.45, 2.75) is 44.5 Å². The molecule has 0 bridgehead atoms. The Bertz CT molecular complexity index is 1110. The van der Waals surface area contributed by atoms with Crippen LogP contribution in [-0.4, -0.2) is 64.7 Å². The number of thioether (sulfide) groups is 1. The standard InChI is InChI=1S/C26H33N5O2S/c1-19-7-12-24(20(2)14-19)31-18-27-28-26(31)34-17-25(32)30(16-23-6-5-13-33-23)15-21-8-10-22(11-9-21)29(3)4/h7-12,14,18,23H,5-6,13,15-17H2,1-4H3. The van der Waals surface area contributed by atoms with E-state index in [0.29, 0.717) is 24.0 Å². The molecular weight excluding hydrogens is 446 g/mol. The normalized spacial score (nSPS) is 15.5. The molecule has 1 aliphatic rings. The highest BCUT2D eigenvalue weighted by atomic mass is 32.2. The van der Waals surface area contributed by atoms with Crippen molar-refractivity contribution in [3.63, 3.8) is 0 Å². The second-order valence-corrected chi connectivity index (χ2v) is 9.97. The second-order valence-electron chi connectivity index (χ2n) is 9.03. The Labute approximate surface area is 206 Å². The molecule has 0 spiro atoms. The number of aromatic nitrogens is 3. The van der Waals surface area contributed by atoms with E-state index in [1.54, 1.807) is 6.33 Å². The van der Waals surface area contributed by atoms with Gasteiger partial charge in [-0.05, 0) is 56.0 Å². The molecule has 4 rings (SSSR count). The van der Waals surface area contributed by atoms with Crippen molar-refractivity contribution in [3.05, 3.63) is 65.5 Å². The van der Waals surface area contributed by atoms with Crippen LogP contribution < -0.4 is 4.90 Å². The summed E-state index contributed by atoms with van der Waals surface area (Å²) in [5.74, 6) is 0.374. The molecule has 2 heterocycles. The van der Waals surface area contributed by atoms with Gasteiger partial charge in [0.05, 0.1) is 17.5 Å². The van der Waals surface area contributed by atoms with E-state index in [-0.39, 0.29) is 12.0 Å². The smallest absolute Gasteiger partial charge is 0.233 e. The van der Waals surface area contributed by atoms with Gasteiger partial charge < -0.3 is 14.5 Å². The summed E-state index contributed by atoms with van der Waals surface area (Å²) in [4.78, 5) is 17.3. The van der Waals surface area contributed by atoms with Crippen molar-refractivity contribution in [1.29, 1.82) is 0 Å². The van der Waals surface area contributed by atoms with Gasteiger partial charge in [0, 0.05) is 39.5 Å². The molecule has 8 heteroatoms. The summed E-state index contributed by atoms with van der Waals surface area (Å²) in [7, 11) is 4.05. The van der Waals surface area contributed by atoms with Crippen LogP contribution >= 0.6 is 11.8 Å². The Kier molecular flexibility index (Phi) is 7.90. The number of nitrogens with zero attached hydrogens (tertiary/aromatic N) is 5. The molecule has 1 saturated heterocycles. The number of carbonyl (C=O) groups is 1. The van der Waals surface area contributed by atoms with Crippen molar-refractivity contribution < 1.29 is 9.53 Å². The SMILES string of the molecule is Cc1ccc(-n2cnnc2SCC(=O)N(Cc2ccc(N(C)C)cc2)CC2CCCO2)c(C)c1. The molecule has 0 aliphatic carbocycles. The van der Waals surface area contributed by atoms with E-state index < -0.39 is 0 Å². The summed E-state index contributed by atoms with van der Waals surface area (Å²) in [5.41, 5.74) is 5.64. The molecule has 1 unspecified atom stereocenters. The molecule has 2 aromatic carbocycles. The number of hydrogen-bond acceptors (Lipinski definition) is 6. The van der Waals surface area contributed by atoms with Crippen molar-refractivity contribution in [3.8, 4) is 5.69 Å². The largest absolute Gasteiger partial charge is 0.378 e. The van der Waals surface area contributed by atoms with Gasteiger partial charge in [-0.3, -0.25) is 9.36 Å². The van der Waals surface area contributed by atoms with Crippen LogP contribution in [0, 0.1) is 13.8 Å². The van der Waals surface area contributed by atoms with Crippen LogP contribution in [0.1, 0.15) is 29.5 Å². The van der Waals surface area contributed by atoms with Crippen molar-refractivity contribution in [2.75, 3.05) is 37.9 Å². The predicted molar refractivity (Wildman–Crippen MR) is 137 cm³/mol. The number of carbonyl (C=O) groups excluding carboxylic acids is 1. The zero-order valence-corrected chi connectivity index (χ0v) is 21.2. The summed E-state index contributed by atoms with van der Waals surface area (Å²) in [6, 6.07) is 14.6. The highest BCUT2D eigenvalue weighted by Crippen LogP contribution is 2.24. The van der Waals surface area contributed by atoms with Gasteiger partial charge in [-0.1, -0.05) is 41.6 Å². The van der Waals surface area contributed by atoms with Gasteiger partial charge in [-0.25, -0.2) is 0 Å². The summed E-state index contributed by atoms with van der Waals surface area (Å²) in [6.07, 6.45) is 3.87. The lowest BCUT2D eigenvalue weighted by molar-refractivity contribution is -0.130. The van der Waals surface area contributed by atoms with Crippen LogP contribution in [0.25, 0.3) is 5.69 Å². The van der Waals surface area contributed by atoms with Gasteiger partial charge in [-0.2, -0.15) is 0 Å². The number of rotatable bonds is 9. The van der Waals surface area contributed by atoms with Crippen LogP contribution in [0.2, 0.25) is 0 Å². The predicted octanol–water partition coefficient (Wildman–Crippen LogP) is 4.25. The summed E-state index contributed by atoms with van der Waals surface area (Å²) in [6.45, 7) is 6.11. The molecule has 3 aromatic rings. The molecule has 1 fully saturated rings. The minimum atomic E-state index is 0.0763. The van der Waals surface area contributed by atoms with Crippen LogP contribution in [0.15, 0.2) is 53.9 Å². The van der Waals surface area contributed by atoms with Crippen molar-refractivity contribution in [2.24, 2.45) is 0 Å². The Morgan fingerprint density at radius 2 is 1.97 bits per heavy atom. The topological polar surface area (TPSA) is 63.5 Å². The number of aryl methyl sites for hydroxylation is 2. The maximum Gasteiger partial charge on any atom is 0.233 e. The highest BCUT2D eigenvalue weighted by Gasteiger charge is 2.23. The fourth-order valence-electron chi connectivity index (χ4n) is 4.19. The van der Waals surface area contributed by atoms with Gasteiger partial charge in [0.25, 0.3) is 0 Å². The first-order valence-corrected chi connectivity index (χ1v) is 12.7. The first-order chi connectivity index (χ1) is 16.4. The Hall–Kier alpha value is -2.84. The lowest BCUT2D eigenvalue weighted by Crippen LogP contribution is -2.38. The molecule has 0 N–H and O–H groups in total. The third kappa shape index (κ3) is 5.98. The molecule has 180 valence electrons. The number of benzene rings is 2. The number of ether oxygens (including phenoxy) is 1. The number of amides is 1. The lowest BCUT2D eigenvalue weighted by atomic mass is 10.1. The molecule has 7 nitrogen and oxygen atoms in total. The molecule has 1 aromatic heterocycles. The minimum absolute atomic E-state index is 0.0763.